The summed E-state index contributed by atoms with van der Waals surface area (Å²) in [4.78, 5) is 24.7. The highest BCUT2D eigenvalue weighted by Crippen LogP contribution is 2.23. The molecule has 0 aromatic heterocycles. The predicted octanol–water partition coefficient (Wildman–Crippen LogP) is 3.91. The highest BCUT2D eigenvalue weighted by Gasteiger charge is 2.20. The van der Waals surface area contributed by atoms with Crippen LogP contribution in [0.3, 0.4) is 0 Å². The lowest BCUT2D eigenvalue weighted by atomic mass is 10.2. The number of carbonyl (C=O) groups is 2. The van der Waals surface area contributed by atoms with E-state index in [-0.39, 0.29) is 0 Å². The van der Waals surface area contributed by atoms with Crippen molar-refractivity contribution < 1.29 is 23.8 Å². The topological polar surface area (TPSA) is 73.9 Å². The molecule has 0 aliphatic carbocycles. The normalized spacial score (nSPS) is 11.6. The van der Waals surface area contributed by atoms with Gasteiger partial charge in [0.15, 0.2) is 6.10 Å². The van der Waals surface area contributed by atoms with Gasteiger partial charge in [-0.2, -0.15) is 0 Å². The van der Waals surface area contributed by atoms with Gasteiger partial charge in [-0.3, -0.25) is 4.79 Å². The number of carbonyl (C=O) groups excluding carboxylic acids is 2. The SMILES string of the molecule is COc1ccccc1NC(=O)C(C)OC(=O)c1cccc(OCC(C)C)c1. The van der Waals surface area contributed by atoms with E-state index in [0.717, 1.165) is 0 Å². The molecule has 2 rings (SSSR count). The van der Waals surface area contributed by atoms with Gasteiger partial charge in [0.25, 0.3) is 5.91 Å². The van der Waals surface area contributed by atoms with Gasteiger partial charge in [-0.05, 0) is 43.2 Å². The molecule has 0 saturated carbocycles. The smallest absolute Gasteiger partial charge is 0.339 e. The molecule has 1 amide bonds. The van der Waals surface area contributed by atoms with Crippen molar-refractivity contribution in [3.8, 4) is 11.5 Å². The Bertz CT molecular complexity index is 788. The third kappa shape index (κ3) is 6.02. The molecule has 0 fully saturated rings. The van der Waals surface area contributed by atoms with Gasteiger partial charge in [-0.15, -0.1) is 0 Å². The van der Waals surface area contributed by atoms with E-state index < -0.39 is 18.0 Å². The van der Waals surface area contributed by atoms with E-state index in [4.69, 9.17) is 14.2 Å². The zero-order valence-electron chi connectivity index (χ0n) is 16.0. The van der Waals surface area contributed by atoms with E-state index in [2.05, 4.69) is 5.32 Å². The van der Waals surface area contributed by atoms with Crippen molar-refractivity contribution in [3.05, 3.63) is 54.1 Å². The van der Waals surface area contributed by atoms with Crippen molar-refractivity contribution in [2.45, 2.75) is 26.9 Å². The van der Waals surface area contributed by atoms with Gasteiger partial charge >= 0.3 is 5.97 Å². The Morgan fingerprint density at radius 1 is 1.04 bits per heavy atom. The van der Waals surface area contributed by atoms with Gasteiger partial charge in [0.2, 0.25) is 0 Å². The summed E-state index contributed by atoms with van der Waals surface area (Å²) >= 11 is 0. The number of ether oxygens (including phenoxy) is 3. The van der Waals surface area contributed by atoms with Crippen LogP contribution in [0.4, 0.5) is 5.69 Å². The summed E-state index contributed by atoms with van der Waals surface area (Å²) in [7, 11) is 1.52. The van der Waals surface area contributed by atoms with Crippen LogP contribution in [0.5, 0.6) is 11.5 Å². The van der Waals surface area contributed by atoms with Gasteiger partial charge in [-0.1, -0.05) is 32.0 Å². The first-order valence-corrected chi connectivity index (χ1v) is 8.78. The maximum absolute atomic E-state index is 12.3. The molecule has 6 heteroatoms. The van der Waals surface area contributed by atoms with Gasteiger partial charge < -0.3 is 19.5 Å². The van der Waals surface area contributed by atoms with Crippen molar-refractivity contribution in [2.24, 2.45) is 5.92 Å². The molecule has 0 aliphatic rings. The van der Waals surface area contributed by atoms with E-state index in [0.29, 0.717) is 35.3 Å². The second-order valence-electron chi connectivity index (χ2n) is 6.47. The van der Waals surface area contributed by atoms with E-state index in [1.807, 2.05) is 13.8 Å². The molecule has 1 unspecified atom stereocenters. The molecule has 0 radical (unpaired) electrons. The first kappa shape index (κ1) is 20.3. The van der Waals surface area contributed by atoms with Crippen molar-refractivity contribution in [1.82, 2.24) is 0 Å². The summed E-state index contributed by atoms with van der Waals surface area (Å²) in [5, 5.41) is 2.70. The molecule has 0 heterocycles. The summed E-state index contributed by atoms with van der Waals surface area (Å²) in [6, 6.07) is 13.7. The minimum Gasteiger partial charge on any atom is -0.495 e. The average Bonchev–Trinajstić information content (AvgIpc) is 2.66. The van der Waals surface area contributed by atoms with E-state index in [1.165, 1.54) is 14.0 Å². The first-order valence-electron chi connectivity index (χ1n) is 8.78. The molecule has 0 bridgehead atoms. The molecular weight excluding hydrogens is 346 g/mol. The van der Waals surface area contributed by atoms with Crippen LogP contribution in [0.1, 0.15) is 31.1 Å². The monoisotopic (exact) mass is 371 g/mol. The maximum atomic E-state index is 12.3. The summed E-state index contributed by atoms with van der Waals surface area (Å²) in [5.41, 5.74) is 0.838. The summed E-state index contributed by atoms with van der Waals surface area (Å²) in [5.74, 6) is 0.454. The molecule has 144 valence electrons. The predicted molar refractivity (Wildman–Crippen MR) is 103 cm³/mol. The molecule has 27 heavy (non-hydrogen) atoms. The lowest BCUT2D eigenvalue weighted by molar-refractivity contribution is -0.123. The molecular formula is C21H25NO5. The van der Waals surface area contributed by atoms with Crippen LogP contribution in [0.25, 0.3) is 0 Å². The van der Waals surface area contributed by atoms with E-state index in [1.54, 1.807) is 48.5 Å². The summed E-state index contributed by atoms with van der Waals surface area (Å²) in [6.45, 7) is 6.15. The number of rotatable bonds is 8. The van der Waals surface area contributed by atoms with Crippen LogP contribution in [-0.4, -0.2) is 31.7 Å². The first-order chi connectivity index (χ1) is 12.9. The third-order valence-corrected chi connectivity index (χ3v) is 3.67. The lowest BCUT2D eigenvalue weighted by Crippen LogP contribution is -2.30. The fourth-order valence-electron chi connectivity index (χ4n) is 2.24. The lowest BCUT2D eigenvalue weighted by Gasteiger charge is -2.15. The number of hydrogen-bond acceptors (Lipinski definition) is 5. The molecule has 1 atom stereocenters. The highest BCUT2D eigenvalue weighted by molar-refractivity contribution is 5.98. The molecule has 0 aliphatic heterocycles. The Kier molecular flexibility index (Phi) is 7.23. The number of hydrogen-bond donors (Lipinski definition) is 1. The number of amides is 1. The van der Waals surface area contributed by atoms with Crippen molar-refractivity contribution in [2.75, 3.05) is 19.0 Å². The quantitative estimate of drug-likeness (QED) is 0.712. The third-order valence-electron chi connectivity index (χ3n) is 3.67. The van der Waals surface area contributed by atoms with Crippen molar-refractivity contribution in [3.63, 3.8) is 0 Å². The molecule has 0 saturated heterocycles. The summed E-state index contributed by atoms with van der Waals surface area (Å²) in [6.07, 6.45) is -0.970. The number of nitrogens with one attached hydrogen (secondary N) is 1. The van der Waals surface area contributed by atoms with Crippen LogP contribution in [-0.2, 0) is 9.53 Å². The van der Waals surface area contributed by atoms with Gasteiger partial charge in [0.05, 0.1) is 25.0 Å². The minimum atomic E-state index is -0.970. The van der Waals surface area contributed by atoms with Gasteiger partial charge in [-0.25, -0.2) is 4.79 Å². The van der Waals surface area contributed by atoms with E-state index in [9.17, 15) is 9.59 Å². The molecule has 1 N–H and O–H groups in total. The van der Waals surface area contributed by atoms with Crippen LogP contribution in [0, 0.1) is 5.92 Å². The fourth-order valence-corrected chi connectivity index (χ4v) is 2.24. The fraction of sp³-hybridized carbons (Fsp3) is 0.333. The largest absolute Gasteiger partial charge is 0.495 e. The average molecular weight is 371 g/mol. The second kappa shape index (κ2) is 9.62. The molecule has 2 aromatic rings. The minimum absolute atomic E-state index is 0.327. The standard InChI is InChI=1S/C21H25NO5/c1-14(2)13-26-17-9-7-8-16(12-17)21(24)27-15(3)20(23)22-18-10-5-6-11-19(18)25-4/h5-12,14-15H,13H2,1-4H3,(H,22,23). The molecule has 6 nitrogen and oxygen atoms in total. The maximum Gasteiger partial charge on any atom is 0.339 e. The highest BCUT2D eigenvalue weighted by atomic mass is 16.5. The Morgan fingerprint density at radius 2 is 1.78 bits per heavy atom. The number of methoxy groups -OCH3 is 1. The Labute approximate surface area is 159 Å². The summed E-state index contributed by atoms with van der Waals surface area (Å²) < 4.78 is 16.1. The van der Waals surface area contributed by atoms with Crippen LogP contribution >= 0.6 is 0 Å². The second-order valence-corrected chi connectivity index (χ2v) is 6.47. The number of para-hydroxylation sites is 2. The number of benzene rings is 2. The number of anilines is 1. The molecule has 0 spiro atoms. The van der Waals surface area contributed by atoms with Crippen molar-refractivity contribution >= 4 is 17.6 Å². The van der Waals surface area contributed by atoms with E-state index >= 15 is 0 Å². The molecule has 2 aromatic carbocycles. The van der Waals surface area contributed by atoms with Crippen molar-refractivity contribution in [1.29, 1.82) is 0 Å². The van der Waals surface area contributed by atoms with Crippen LogP contribution < -0.4 is 14.8 Å². The van der Waals surface area contributed by atoms with Crippen LogP contribution in [0.2, 0.25) is 0 Å². The zero-order valence-corrected chi connectivity index (χ0v) is 16.0. The van der Waals surface area contributed by atoms with Gasteiger partial charge in [0, 0.05) is 0 Å². The van der Waals surface area contributed by atoms with Crippen LogP contribution in [0.15, 0.2) is 48.5 Å². The Hall–Kier alpha value is -3.02. The zero-order chi connectivity index (χ0) is 19.8. The Morgan fingerprint density at radius 3 is 2.48 bits per heavy atom. The Balaban J connectivity index is 1.98. The van der Waals surface area contributed by atoms with Gasteiger partial charge in [0.1, 0.15) is 11.5 Å². The number of esters is 1.